The molecule has 3 aliphatic carbocycles. The lowest BCUT2D eigenvalue weighted by Crippen LogP contribution is -2.56. The second-order valence-electron chi connectivity index (χ2n) is 41.6. The number of hydrogen-bond acceptors (Lipinski definition) is 24. The minimum Gasteiger partial charge on any atom is -0.466 e. The number of carbonyl (C=O) groups excluding carboxylic acids is 12. The van der Waals surface area contributed by atoms with Crippen LogP contribution in [0.25, 0.3) is 0 Å². The maximum Gasteiger partial charge on any atom is 0.408 e. The van der Waals surface area contributed by atoms with Crippen LogP contribution in [0.5, 0.6) is 0 Å². The molecule has 0 spiro atoms. The number of alkyl carbamates (subject to hydrolysis) is 3. The average molecular weight is 1780 g/mol. The SMILES string of the molecule is C=C(C)C(=O)OCCN(C(=O)CC1CC(C)(C)CC(C)(CCC(=O)OCCCCOC(=O)CCn2c(=O)n(CCC(=O)OCCCCOC(=O)NCC3(C)CC(CC(=O)N(CCOC(=O)C(=C)C)C(C)(C)C)CC(C)(C)C3)c(=O)n(CNC(=O)OCCCCOC(=O)NCC3(C)CC(CC(=O)N(CCOC(=O)C(=C)C)C(C)(C)C)CC(C)(C)C3)c2=O)C1)C(C)(C)C. The summed E-state index contributed by atoms with van der Waals surface area (Å²) in [6, 6.07) is 0. The summed E-state index contributed by atoms with van der Waals surface area (Å²) in [6.45, 7) is 51.1. The van der Waals surface area contributed by atoms with Gasteiger partial charge in [-0.1, -0.05) is 82.1 Å². The quantitative estimate of drug-likeness (QED) is 0.0236. The lowest BCUT2D eigenvalue weighted by Gasteiger charge is -2.47. The third kappa shape index (κ3) is 39.1. The minimum atomic E-state index is -1.21. The van der Waals surface area contributed by atoms with Crippen molar-refractivity contribution in [2.24, 2.45) is 50.2 Å². The van der Waals surface area contributed by atoms with E-state index in [2.05, 4.69) is 98.0 Å². The molecule has 3 aliphatic rings. The molecule has 0 radical (unpaired) electrons. The van der Waals surface area contributed by atoms with Gasteiger partial charge >= 0.3 is 71.2 Å². The Morgan fingerprint density at radius 2 is 0.619 bits per heavy atom. The molecule has 3 saturated carbocycles. The highest BCUT2D eigenvalue weighted by Gasteiger charge is 2.47. The van der Waals surface area contributed by atoms with Crippen LogP contribution in [0, 0.1) is 50.2 Å². The fourth-order valence-electron chi connectivity index (χ4n) is 18.8. The van der Waals surface area contributed by atoms with E-state index in [1.54, 1.807) is 35.5 Å². The van der Waals surface area contributed by atoms with Gasteiger partial charge < -0.3 is 73.3 Å². The normalized spacial score (nSPS) is 20.1. The molecular formula is C93H153N9O24. The lowest BCUT2D eigenvalue weighted by molar-refractivity contribution is -0.147. The van der Waals surface area contributed by atoms with Crippen LogP contribution in [-0.4, -0.2) is 209 Å². The molecule has 0 aliphatic heterocycles. The second-order valence-corrected chi connectivity index (χ2v) is 41.6. The predicted molar refractivity (Wildman–Crippen MR) is 475 cm³/mol. The largest absolute Gasteiger partial charge is 0.466 e. The highest BCUT2D eigenvalue weighted by Crippen LogP contribution is 2.53. The van der Waals surface area contributed by atoms with Gasteiger partial charge in [-0.15, -0.1) is 0 Å². The molecule has 0 saturated heterocycles. The molecule has 3 N–H and O–H groups in total. The van der Waals surface area contributed by atoms with Crippen molar-refractivity contribution in [1.29, 1.82) is 0 Å². The molecular weight excluding hydrogens is 1630 g/mol. The van der Waals surface area contributed by atoms with Gasteiger partial charge in [0.25, 0.3) is 0 Å². The van der Waals surface area contributed by atoms with Crippen LogP contribution in [0.3, 0.4) is 0 Å². The molecule has 1 aromatic heterocycles. The van der Waals surface area contributed by atoms with E-state index < -0.39 is 120 Å². The van der Waals surface area contributed by atoms with E-state index in [1.165, 1.54) is 0 Å². The maximum atomic E-state index is 14.0. The molecule has 4 rings (SSSR count). The summed E-state index contributed by atoms with van der Waals surface area (Å²) in [6.07, 6.45) is 6.72. The van der Waals surface area contributed by atoms with Crippen molar-refractivity contribution >= 4 is 71.8 Å². The van der Waals surface area contributed by atoms with E-state index in [0.717, 1.165) is 44.9 Å². The lowest BCUT2D eigenvalue weighted by atomic mass is 9.58. The molecule has 1 aromatic rings. The summed E-state index contributed by atoms with van der Waals surface area (Å²) in [7, 11) is 0. The first-order valence-corrected chi connectivity index (χ1v) is 44.8. The van der Waals surface area contributed by atoms with E-state index in [4.69, 9.17) is 42.6 Å². The van der Waals surface area contributed by atoms with Gasteiger partial charge in [0.1, 0.15) is 26.5 Å². The monoisotopic (exact) mass is 1780 g/mol. The number of esters is 6. The van der Waals surface area contributed by atoms with Crippen molar-refractivity contribution in [3.05, 3.63) is 67.9 Å². The first kappa shape index (κ1) is 109. The molecule has 0 aromatic carbocycles. The zero-order chi connectivity index (χ0) is 95.2. The Kier molecular flexibility index (Phi) is 42.2. The molecule has 1 heterocycles. The maximum absolute atomic E-state index is 14.0. The highest BCUT2D eigenvalue weighted by molar-refractivity contribution is 5.88. The Balaban J connectivity index is 1.32. The number of nitrogens with one attached hydrogen (secondary N) is 3. The third-order valence-electron chi connectivity index (χ3n) is 23.2. The molecule has 6 atom stereocenters. The summed E-state index contributed by atoms with van der Waals surface area (Å²) in [5.41, 5.74) is -5.74. The van der Waals surface area contributed by atoms with Crippen LogP contribution in [0.1, 0.15) is 287 Å². The average Bonchev–Trinajstić information content (AvgIpc) is 0.797. The number of unbranched alkanes of at least 4 members (excludes halogenated alkanes) is 3. The van der Waals surface area contributed by atoms with Crippen LogP contribution in [0.15, 0.2) is 50.8 Å². The predicted octanol–water partition coefficient (Wildman–Crippen LogP) is 12.7. The van der Waals surface area contributed by atoms with Crippen molar-refractivity contribution in [3.8, 4) is 0 Å². The van der Waals surface area contributed by atoms with Gasteiger partial charge in [-0.3, -0.25) is 28.8 Å². The topological polar surface area (TPSA) is 400 Å². The summed E-state index contributed by atoms with van der Waals surface area (Å²) < 4.78 is 50.4. The molecule has 714 valence electrons. The number of ether oxygens (including phenoxy) is 9. The molecule has 126 heavy (non-hydrogen) atoms. The van der Waals surface area contributed by atoms with E-state index in [1.807, 2.05) is 62.3 Å². The van der Waals surface area contributed by atoms with Crippen molar-refractivity contribution in [2.75, 3.05) is 92.2 Å². The van der Waals surface area contributed by atoms with Crippen molar-refractivity contribution < 1.29 is 100 Å². The van der Waals surface area contributed by atoms with E-state index in [-0.39, 0.29) is 215 Å². The van der Waals surface area contributed by atoms with Gasteiger partial charge in [0.05, 0.1) is 72.1 Å². The Morgan fingerprint density at radius 1 is 0.357 bits per heavy atom. The van der Waals surface area contributed by atoms with Crippen LogP contribution >= 0.6 is 0 Å². The highest BCUT2D eigenvalue weighted by atomic mass is 16.6. The van der Waals surface area contributed by atoms with Crippen LogP contribution < -0.4 is 33.0 Å². The number of hydrogen-bond donors (Lipinski definition) is 3. The molecule has 0 bridgehead atoms. The number of rotatable bonds is 48. The van der Waals surface area contributed by atoms with Gasteiger partial charge in [0, 0.05) is 85.2 Å². The fraction of sp³-hybridized carbons (Fsp3) is 0.774. The molecule has 6 amide bonds. The van der Waals surface area contributed by atoms with Gasteiger partial charge in [0.2, 0.25) is 17.7 Å². The van der Waals surface area contributed by atoms with Crippen molar-refractivity contribution in [2.45, 2.75) is 323 Å². The van der Waals surface area contributed by atoms with Gasteiger partial charge in [0.15, 0.2) is 0 Å². The Labute approximate surface area is 746 Å². The number of nitrogens with zero attached hydrogens (tertiary/aromatic N) is 6. The Bertz CT molecular complexity index is 3690. The standard InChI is InChI=1S/C93H153N9O24/c1-64(2)76(109)121-46-37-100(85(7,8)9)70(103)49-67-52-88(16,17)58-91(22,55-67)34-31-73(106)118-40-25-26-41-119-74(107)32-35-97-82(115)98(36-33-75(108)120-42-27-28-43-124-79(112)94-61-92(23)56-68(53-89(18,19)59-92)50-71(104)101(86(10,11)12)38-47-122-77(110)65(3)4)84(117)99(83(97)116)63-96-81(114)126-45-30-29-44-125-80(113)95-62-93(24)57-69(54-90(20,21)60-93)51-72(105)102(87(13,14)15)39-48-123-78(111)66(5)6/h67-69H,1,3,5,25-63H2,2,4,6-24H3,(H,94,112)(H,95,113)(H,96,114). The molecule has 3 fully saturated rings. The zero-order valence-corrected chi connectivity index (χ0v) is 79.9. The molecule has 33 nitrogen and oxygen atoms in total. The summed E-state index contributed by atoms with van der Waals surface area (Å²) in [5, 5.41) is 8.12. The first-order chi connectivity index (χ1) is 58.3. The second kappa shape index (κ2) is 48.7. The minimum absolute atomic E-state index is 0.0115. The van der Waals surface area contributed by atoms with Gasteiger partial charge in [-0.2, -0.15) is 0 Å². The third-order valence-corrected chi connectivity index (χ3v) is 23.2. The zero-order valence-electron chi connectivity index (χ0n) is 79.9. The van der Waals surface area contributed by atoms with Crippen LogP contribution in [0.4, 0.5) is 14.4 Å². The van der Waals surface area contributed by atoms with E-state index in [0.29, 0.717) is 58.8 Å². The number of aromatic nitrogens is 3. The number of amides is 6. The summed E-state index contributed by atoms with van der Waals surface area (Å²) in [4.78, 5) is 204. The van der Waals surface area contributed by atoms with Crippen molar-refractivity contribution in [3.63, 3.8) is 0 Å². The van der Waals surface area contributed by atoms with Crippen LogP contribution in [0.2, 0.25) is 0 Å². The fourth-order valence-corrected chi connectivity index (χ4v) is 18.8. The van der Waals surface area contributed by atoms with E-state index >= 15 is 0 Å². The molecule has 33 heteroatoms. The molecule has 6 unspecified atom stereocenters. The van der Waals surface area contributed by atoms with Crippen LogP contribution in [-0.2, 0) is 106 Å². The summed E-state index contributed by atoms with van der Waals surface area (Å²) in [5.74, 6) is -3.66. The summed E-state index contributed by atoms with van der Waals surface area (Å²) >= 11 is 0. The van der Waals surface area contributed by atoms with Gasteiger partial charge in [-0.05, 0) is 236 Å². The van der Waals surface area contributed by atoms with E-state index in [9.17, 15) is 71.9 Å². The first-order valence-electron chi connectivity index (χ1n) is 44.8. The van der Waals surface area contributed by atoms with Gasteiger partial charge in [-0.25, -0.2) is 56.9 Å². The van der Waals surface area contributed by atoms with Crippen molar-refractivity contribution in [1.82, 2.24) is 44.4 Å². The number of carbonyl (C=O) groups is 12. The smallest absolute Gasteiger partial charge is 0.408 e. The Morgan fingerprint density at radius 3 is 0.913 bits per heavy atom. The Hall–Kier alpha value is -9.33.